The van der Waals surface area contributed by atoms with Gasteiger partial charge in [0.1, 0.15) is 0 Å². The summed E-state index contributed by atoms with van der Waals surface area (Å²) >= 11 is 5.55. The van der Waals surface area contributed by atoms with Gasteiger partial charge in [0.2, 0.25) is 0 Å². The lowest BCUT2D eigenvalue weighted by Gasteiger charge is -2.39. The molecule has 0 bridgehead atoms. The third-order valence-corrected chi connectivity index (χ3v) is 8.05. The van der Waals surface area contributed by atoms with Gasteiger partial charge in [-0.3, -0.25) is 0 Å². The molecule has 1 aliphatic heterocycles. The summed E-state index contributed by atoms with van der Waals surface area (Å²) in [7, 11) is 0. The number of hydrogen-bond donors (Lipinski definition) is 1. The van der Waals surface area contributed by atoms with E-state index in [2.05, 4.69) is 74.6 Å². The van der Waals surface area contributed by atoms with Gasteiger partial charge in [0, 0.05) is 19.8 Å². The molecule has 0 saturated carbocycles. The maximum atomic E-state index is 3.63. The van der Waals surface area contributed by atoms with E-state index in [1.807, 2.05) is 23.1 Å². The molecule has 160 valence electrons. The van der Waals surface area contributed by atoms with Crippen molar-refractivity contribution in [1.82, 2.24) is 0 Å². The van der Waals surface area contributed by atoms with E-state index in [0.29, 0.717) is 10.7 Å². The Morgan fingerprint density at radius 3 is 2.36 bits per heavy atom. The molecule has 3 rings (SSSR count). The number of nitrogens with zero attached hydrogens (tertiary/aromatic N) is 1. The fourth-order valence-corrected chi connectivity index (χ4v) is 6.61. The Bertz CT molecular complexity index is 743. The average Bonchev–Trinajstić information content (AvgIpc) is 3.00. The molecule has 5 N–H and O–H groups in total. The number of hydrogen-bond acceptors (Lipinski definition) is 5. The topological polar surface area (TPSA) is 78.3 Å². The van der Waals surface area contributed by atoms with E-state index in [9.17, 15) is 0 Å². The quantitative estimate of drug-likeness (QED) is 0.444. The zero-order chi connectivity index (χ0) is 18.7. The molecule has 1 aromatic carbocycles. The van der Waals surface area contributed by atoms with Crippen LogP contribution in [0.5, 0.6) is 0 Å². The summed E-state index contributed by atoms with van der Waals surface area (Å²) in [5.74, 6) is 0. The number of para-hydroxylation sites is 1. The molecule has 0 amide bonds. The Morgan fingerprint density at radius 1 is 1.07 bits per heavy atom. The van der Waals surface area contributed by atoms with Crippen LogP contribution in [0.1, 0.15) is 47.5 Å². The van der Waals surface area contributed by atoms with Crippen molar-refractivity contribution in [2.24, 2.45) is 5.41 Å². The number of piperidine rings is 1. The van der Waals surface area contributed by atoms with Crippen molar-refractivity contribution in [3.05, 3.63) is 35.9 Å². The highest BCUT2D eigenvalue weighted by Crippen LogP contribution is 2.40. The minimum absolute atomic E-state index is 0. The van der Waals surface area contributed by atoms with Gasteiger partial charge in [0.25, 0.3) is 0 Å². The molecule has 4 nitrogen and oxygen atoms in total. The minimum atomic E-state index is 0. The van der Waals surface area contributed by atoms with Gasteiger partial charge < -0.3 is 20.6 Å². The standard InChI is InChI=1S/C21H30N2S3.2H2O.H2/c1-15(2)24-18-9-10-19(25-18)26-22-17-8-6-7-16(3)20(17)23-13-11-21(4,5)12-14-23;;;/h6-10,15,22H,11-14H2,1-5H3;2*1H2;1H. The molecule has 0 spiro atoms. The third-order valence-electron chi connectivity index (χ3n) is 4.84. The van der Waals surface area contributed by atoms with Crippen LogP contribution < -0.4 is 9.62 Å². The molecule has 28 heavy (non-hydrogen) atoms. The van der Waals surface area contributed by atoms with Crippen LogP contribution >= 0.6 is 35.0 Å². The van der Waals surface area contributed by atoms with Crippen LogP contribution in [-0.4, -0.2) is 29.3 Å². The van der Waals surface area contributed by atoms with E-state index in [1.165, 1.54) is 38.2 Å². The number of benzene rings is 1. The molecular weight excluding hydrogens is 408 g/mol. The fraction of sp³-hybridized carbons (Fsp3) is 0.524. The summed E-state index contributed by atoms with van der Waals surface area (Å²) < 4.78 is 6.35. The van der Waals surface area contributed by atoms with Gasteiger partial charge in [-0.2, -0.15) is 0 Å². The SMILES string of the molecule is Cc1cccc(NSc2ccc(SC(C)C)s2)c1N1CCC(C)(C)CC1.O.O.[HH]. The van der Waals surface area contributed by atoms with Crippen LogP contribution in [0.3, 0.4) is 0 Å². The first-order chi connectivity index (χ1) is 12.3. The lowest BCUT2D eigenvalue weighted by Crippen LogP contribution is -2.37. The second kappa shape index (κ2) is 10.8. The van der Waals surface area contributed by atoms with Crippen molar-refractivity contribution in [3.63, 3.8) is 0 Å². The first-order valence-corrected chi connectivity index (χ1v) is 11.9. The average molecular weight is 445 g/mol. The molecule has 2 heterocycles. The monoisotopic (exact) mass is 444 g/mol. The number of thioether (sulfide) groups is 1. The second-order valence-electron chi connectivity index (χ2n) is 8.07. The number of aryl methyl sites for hydroxylation is 1. The van der Waals surface area contributed by atoms with Crippen LogP contribution in [0.4, 0.5) is 11.4 Å². The smallest absolute Gasteiger partial charge is 0.0819 e. The second-order valence-corrected chi connectivity index (χ2v) is 12.1. The van der Waals surface area contributed by atoms with Gasteiger partial charge in [0.05, 0.1) is 19.8 Å². The molecule has 7 heteroatoms. The van der Waals surface area contributed by atoms with Crippen molar-refractivity contribution in [2.45, 2.75) is 61.1 Å². The number of thiophene rings is 1. The molecule has 2 aromatic rings. The van der Waals surface area contributed by atoms with Crippen molar-refractivity contribution >= 4 is 46.4 Å². The summed E-state index contributed by atoms with van der Waals surface area (Å²) in [5.41, 5.74) is 4.45. The Kier molecular flexibility index (Phi) is 9.70. The van der Waals surface area contributed by atoms with Crippen molar-refractivity contribution in [2.75, 3.05) is 22.7 Å². The zero-order valence-electron chi connectivity index (χ0n) is 17.5. The molecule has 1 fully saturated rings. The number of rotatable bonds is 6. The van der Waals surface area contributed by atoms with Gasteiger partial charge in [0.15, 0.2) is 0 Å². The first kappa shape index (κ1) is 25.2. The van der Waals surface area contributed by atoms with Crippen molar-refractivity contribution < 1.29 is 12.4 Å². The van der Waals surface area contributed by atoms with E-state index < -0.39 is 0 Å². The fourth-order valence-electron chi connectivity index (χ4n) is 3.26. The third kappa shape index (κ3) is 6.59. The lowest BCUT2D eigenvalue weighted by atomic mass is 9.82. The van der Waals surface area contributed by atoms with E-state index in [0.717, 1.165) is 13.1 Å². The van der Waals surface area contributed by atoms with Crippen LogP contribution in [0.2, 0.25) is 0 Å². The maximum absolute atomic E-state index is 3.63. The summed E-state index contributed by atoms with van der Waals surface area (Å²) in [5, 5.41) is 0.631. The largest absolute Gasteiger partial charge is 0.412 e. The highest BCUT2D eigenvalue weighted by Gasteiger charge is 2.27. The molecule has 1 aromatic heterocycles. The van der Waals surface area contributed by atoms with Gasteiger partial charge in [-0.1, -0.05) is 39.8 Å². The van der Waals surface area contributed by atoms with E-state index >= 15 is 0 Å². The Hall–Kier alpha value is -0.860. The predicted octanol–water partition coefficient (Wildman–Crippen LogP) is 5.90. The van der Waals surface area contributed by atoms with Gasteiger partial charge in [-0.25, -0.2) is 0 Å². The number of nitrogens with one attached hydrogen (secondary N) is 1. The molecule has 0 radical (unpaired) electrons. The van der Waals surface area contributed by atoms with Crippen LogP contribution in [0, 0.1) is 12.3 Å². The summed E-state index contributed by atoms with van der Waals surface area (Å²) in [4.78, 5) is 2.57. The molecular formula is C21H36N2O2S3. The Labute approximate surface area is 183 Å². The normalized spacial score (nSPS) is 15.7. The van der Waals surface area contributed by atoms with Crippen molar-refractivity contribution in [3.8, 4) is 0 Å². The minimum Gasteiger partial charge on any atom is -0.412 e. The highest BCUT2D eigenvalue weighted by atomic mass is 32.2. The van der Waals surface area contributed by atoms with Gasteiger partial charge in [-0.15, -0.1) is 23.1 Å². The van der Waals surface area contributed by atoms with E-state index in [4.69, 9.17) is 0 Å². The van der Waals surface area contributed by atoms with Crippen LogP contribution in [-0.2, 0) is 0 Å². The molecule has 0 aliphatic carbocycles. The summed E-state index contributed by atoms with van der Waals surface area (Å²) in [6, 6.07) is 11.1. The van der Waals surface area contributed by atoms with Crippen molar-refractivity contribution in [1.29, 1.82) is 0 Å². The zero-order valence-corrected chi connectivity index (χ0v) is 19.9. The van der Waals surface area contributed by atoms with Gasteiger partial charge in [-0.05, 0) is 60.9 Å². The summed E-state index contributed by atoms with van der Waals surface area (Å²) in [6.45, 7) is 13.8. The Balaban J connectivity index is 0.00000261. The lowest BCUT2D eigenvalue weighted by molar-refractivity contribution is 0.280. The Morgan fingerprint density at radius 2 is 1.71 bits per heavy atom. The van der Waals surface area contributed by atoms with Crippen LogP contribution in [0.15, 0.2) is 38.8 Å². The van der Waals surface area contributed by atoms with Gasteiger partial charge >= 0.3 is 0 Å². The summed E-state index contributed by atoms with van der Waals surface area (Å²) in [6.07, 6.45) is 2.52. The molecule has 1 aliphatic rings. The molecule has 0 atom stereocenters. The first-order valence-electron chi connectivity index (χ1n) is 9.38. The van der Waals surface area contributed by atoms with E-state index in [1.54, 1.807) is 11.9 Å². The maximum Gasteiger partial charge on any atom is 0.0819 e. The molecule has 0 unspecified atom stereocenters. The van der Waals surface area contributed by atoms with Crippen LogP contribution in [0.25, 0.3) is 0 Å². The predicted molar refractivity (Wildman–Crippen MR) is 131 cm³/mol. The van der Waals surface area contributed by atoms with E-state index in [-0.39, 0.29) is 12.4 Å². The molecule has 1 saturated heterocycles. The number of anilines is 2. The highest BCUT2D eigenvalue weighted by molar-refractivity contribution is 8.04.